The number of halogens is 5. The number of allylic oxidation sites excluding steroid dienone is 5. The summed E-state index contributed by atoms with van der Waals surface area (Å²) in [6.07, 6.45) is 3.74. The summed E-state index contributed by atoms with van der Waals surface area (Å²) in [6, 6.07) is 53.4. The van der Waals surface area contributed by atoms with Gasteiger partial charge >= 0.3 is 18.1 Å². The van der Waals surface area contributed by atoms with Crippen molar-refractivity contribution in [1.29, 1.82) is 0 Å². The fourth-order valence-electron chi connectivity index (χ4n) is 12.5. The van der Waals surface area contributed by atoms with Crippen molar-refractivity contribution < 1.29 is 72.9 Å². The van der Waals surface area contributed by atoms with Gasteiger partial charge in [-0.3, -0.25) is 9.59 Å². The monoisotopic (exact) mass is 1510 g/mol. The zero-order chi connectivity index (χ0) is 76.1. The van der Waals surface area contributed by atoms with Crippen molar-refractivity contribution in [2.75, 3.05) is 20.0 Å². The Bertz CT molecular complexity index is 4910. The van der Waals surface area contributed by atoms with Crippen molar-refractivity contribution in [3.63, 3.8) is 0 Å². The van der Waals surface area contributed by atoms with Crippen LogP contribution < -0.4 is 5.90 Å². The van der Waals surface area contributed by atoms with Crippen molar-refractivity contribution in [3.8, 4) is 16.9 Å². The zero-order valence-corrected chi connectivity index (χ0v) is 62.9. The smallest absolute Gasteiger partial charge is 0.435 e. The summed E-state index contributed by atoms with van der Waals surface area (Å²) in [5.74, 6) is 2.30. The van der Waals surface area contributed by atoms with Crippen molar-refractivity contribution in [3.05, 3.63) is 272 Å². The van der Waals surface area contributed by atoms with E-state index in [4.69, 9.17) is 14.4 Å². The molecular weight excluding hydrogens is 1430 g/mol. The molecule has 12 rings (SSSR count). The van der Waals surface area contributed by atoms with Gasteiger partial charge in [-0.2, -0.15) is 28.5 Å². The number of aryl methyl sites for hydroxylation is 1. The quantitative estimate of drug-likeness (QED) is 0.0214. The zero-order valence-electron chi connectivity index (χ0n) is 59.7. The Morgan fingerprint density at radius 1 is 0.600 bits per heavy atom. The number of benzene rings is 8. The number of fused-ring (bicyclic) bond motifs is 3. The Hall–Kier alpha value is -8.98. The highest BCUT2D eigenvalue weighted by atomic mass is 32.2. The molecule has 0 saturated heterocycles. The van der Waals surface area contributed by atoms with Crippen molar-refractivity contribution >= 4 is 104 Å². The average Bonchev–Trinajstić information content (AvgIpc) is 1.21. The minimum atomic E-state index is -4.53. The first-order valence-electron chi connectivity index (χ1n) is 33.2. The molecule has 4 N–H and O–H groups in total. The SMILES string of the molecule is CCS(=O)(=O)c1ccc(/C=C(\C)c2ccc3c(c2)C(C)(C)CCC3(C)C)cc1.COOSc1ccc(C=C2C(C)=C(CC(=O)O)c3cc(F)ccc32)cc1.COSc1ccc(C=C2C(C)=C(CC(=O)O)c3cc(F)ccc32)cc1.Cc1ccc(-c2cc(C(F)(F)F)nn2-c2ccc(SOON)cc2)cc1. The maximum absolute atomic E-state index is 13.7. The number of hydrogen-bond acceptors (Lipinski definition) is 14. The third-order valence-corrected chi connectivity index (χ3v) is 21.9. The fraction of sp³-hybridized carbons (Fsp3) is 0.232. The van der Waals surface area contributed by atoms with Crippen LogP contribution in [0.4, 0.5) is 22.0 Å². The molecule has 0 bridgehead atoms. The highest BCUT2D eigenvalue weighted by Crippen LogP contribution is 2.48. The molecule has 0 amide bonds. The van der Waals surface area contributed by atoms with E-state index in [2.05, 4.69) is 78.2 Å². The van der Waals surface area contributed by atoms with Gasteiger partial charge in [0.1, 0.15) is 11.6 Å². The van der Waals surface area contributed by atoms with Gasteiger partial charge in [0.15, 0.2) is 15.5 Å². The predicted octanol–water partition coefficient (Wildman–Crippen LogP) is 21.6. The van der Waals surface area contributed by atoms with E-state index in [1.54, 1.807) is 74.7 Å². The van der Waals surface area contributed by atoms with E-state index in [-0.39, 0.29) is 41.1 Å². The van der Waals surface area contributed by atoms with Crippen molar-refractivity contribution in [1.82, 2.24) is 9.78 Å². The highest BCUT2D eigenvalue weighted by molar-refractivity contribution is 7.95. The van der Waals surface area contributed by atoms with E-state index >= 15 is 0 Å². The van der Waals surface area contributed by atoms with Crippen LogP contribution in [-0.4, -0.2) is 60.3 Å². The van der Waals surface area contributed by atoms with Gasteiger partial charge in [0.25, 0.3) is 0 Å². The molecule has 3 aliphatic carbocycles. The normalized spacial score (nSPS) is 15.1. The van der Waals surface area contributed by atoms with Gasteiger partial charge in [0, 0.05) is 32.3 Å². The summed E-state index contributed by atoms with van der Waals surface area (Å²) in [7, 11) is -0.0918. The van der Waals surface area contributed by atoms with Gasteiger partial charge in [0.2, 0.25) is 0 Å². The third-order valence-electron chi connectivity index (χ3n) is 18.2. The lowest BCUT2D eigenvalue weighted by molar-refractivity contribution is -0.195. The van der Waals surface area contributed by atoms with Gasteiger partial charge < -0.3 is 14.4 Å². The Morgan fingerprint density at radius 2 is 1.08 bits per heavy atom. The summed E-state index contributed by atoms with van der Waals surface area (Å²) in [5, 5.41) is 22.1. The molecule has 548 valence electrons. The average molecular weight is 1510 g/mol. The molecule has 0 atom stereocenters. The van der Waals surface area contributed by atoms with Gasteiger partial charge in [0.05, 0.1) is 73.2 Å². The molecule has 9 aromatic rings. The standard InChI is InChI=1S/C25H32O2S.C20H17FO4S.C20H17FO3S.C17H14F3N3O2S/c1-7-28(26,27)21-11-8-19(9-12-21)16-18(2)20-10-13-22-23(17-20)25(5,6)15-14-24(22,3)4;1-12-17(9-13-3-6-15(7-4-13)26-25-24-2)16-8-5-14(21)10-19(16)18(12)11-20(22)23;1-12-17(9-13-3-6-15(7-4-13)25-24-2)16-8-5-14(21)10-19(16)18(12)11-20(22)23;1-11-2-4-12(5-3-11)15-10-16(17(18,19)20)22-23(15)13-6-8-14(9-7-13)26-25-24-21/h8-13,16-17H,7,14-15H2,1-6H3;3-10H,11H2,1-2H3,(H,22,23);3-10H,11H2,1-2H3,(H,22,23);2-10H,21H2,1H3/b18-16+;;;. The van der Waals surface area contributed by atoms with Gasteiger partial charge in [-0.1, -0.05) is 137 Å². The van der Waals surface area contributed by atoms with Gasteiger partial charge in [-0.15, -0.1) is 9.32 Å². The van der Waals surface area contributed by atoms with Crippen LogP contribution in [0, 0.1) is 18.6 Å². The molecule has 23 heteroatoms. The van der Waals surface area contributed by atoms with E-state index in [0.717, 1.165) is 95.6 Å². The minimum Gasteiger partial charge on any atom is -0.481 e. The summed E-state index contributed by atoms with van der Waals surface area (Å²) in [5.41, 5.74) is 18.2. The lowest BCUT2D eigenvalue weighted by Crippen LogP contribution is -2.33. The van der Waals surface area contributed by atoms with Crippen LogP contribution in [-0.2, 0) is 59.2 Å². The van der Waals surface area contributed by atoms with E-state index in [9.17, 15) is 50.2 Å². The number of nitrogens with two attached hydrogens (primary N) is 1. The summed E-state index contributed by atoms with van der Waals surface area (Å²) in [6.45, 7) is 18.8. The number of aromatic nitrogens is 2. The molecule has 0 aliphatic heterocycles. The second-order valence-electron chi connectivity index (χ2n) is 26.3. The molecule has 1 aromatic heterocycles. The largest absolute Gasteiger partial charge is 0.481 e. The second kappa shape index (κ2) is 35.0. The van der Waals surface area contributed by atoms with E-state index in [1.807, 2.05) is 106 Å². The first-order chi connectivity index (χ1) is 49.8. The van der Waals surface area contributed by atoms with Crippen LogP contribution >= 0.6 is 36.1 Å². The number of aliphatic carboxylic acids is 2. The van der Waals surface area contributed by atoms with Crippen LogP contribution in [0.2, 0.25) is 0 Å². The minimum absolute atomic E-state index is 0.122. The fourth-order valence-corrected chi connectivity index (χ4v) is 14.5. The maximum Gasteiger partial charge on any atom is 0.435 e. The Kier molecular flexibility index (Phi) is 26.7. The van der Waals surface area contributed by atoms with E-state index in [1.165, 1.54) is 83.2 Å². The van der Waals surface area contributed by atoms with Gasteiger partial charge in [-0.25, -0.2) is 26.8 Å². The molecule has 14 nitrogen and oxygen atoms in total. The molecule has 1 heterocycles. The van der Waals surface area contributed by atoms with Crippen molar-refractivity contribution in [2.45, 2.75) is 125 Å². The van der Waals surface area contributed by atoms with Crippen LogP contribution in [0.3, 0.4) is 0 Å². The van der Waals surface area contributed by atoms with Crippen LogP contribution in [0.25, 0.3) is 63.0 Å². The summed E-state index contributed by atoms with van der Waals surface area (Å²) in [4.78, 5) is 33.9. The van der Waals surface area contributed by atoms with Crippen molar-refractivity contribution in [2.24, 2.45) is 5.90 Å². The molecule has 0 fully saturated rings. The molecule has 0 saturated carbocycles. The first-order valence-corrected chi connectivity index (χ1v) is 37.1. The molecule has 0 unspecified atom stereocenters. The number of carbonyl (C=O) groups is 2. The highest BCUT2D eigenvalue weighted by Gasteiger charge is 2.38. The molecule has 105 heavy (non-hydrogen) atoms. The molecular formula is C82H80F5N3O11S4. The van der Waals surface area contributed by atoms with Crippen LogP contribution in [0.15, 0.2) is 213 Å². The number of sulfone groups is 1. The number of carboxylic acid groups (broad SMARTS) is 2. The van der Waals surface area contributed by atoms with E-state index in [0.29, 0.717) is 49.0 Å². The van der Waals surface area contributed by atoms with Crippen LogP contribution in [0.5, 0.6) is 0 Å². The molecule has 0 radical (unpaired) electrons. The van der Waals surface area contributed by atoms with Crippen LogP contribution in [0.1, 0.15) is 148 Å². The Balaban J connectivity index is 0.000000162. The number of hydrogen-bond donors (Lipinski definition) is 3. The molecule has 8 aromatic carbocycles. The second-order valence-corrected chi connectivity index (χ2v) is 31.1. The third kappa shape index (κ3) is 20.3. The first kappa shape index (κ1) is 80.1. The lowest BCUT2D eigenvalue weighted by Gasteiger charge is -2.42. The summed E-state index contributed by atoms with van der Waals surface area (Å²) >= 11 is 3.28. The number of carboxylic acids is 2. The van der Waals surface area contributed by atoms with Gasteiger partial charge in [-0.05, 0) is 249 Å². The lowest BCUT2D eigenvalue weighted by atomic mass is 9.63. The Labute approximate surface area is 621 Å². The maximum atomic E-state index is 13.7. The number of rotatable bonds is 20. The summed E-state index contributed by atoms with van der Waals surface area (Å²) < 4.78 is 106. The molecule has 3 aliphatic rings. The number of alkyl halides is 3. The number of nitrogens with zero attached hydrogens (tertiary/aromatic N) is 2. The topological polar surface area (TPSA) is 199 Å². The molecule has 0 spiro atoms. The van der Waals surface area contributed by atoms with E-state index < -0.39 is 33.6 Å². The Morgan fingerprint density at radius 3 is 1.54 bits per heavy atom. The predicted molar refractivity (Wildman–Crippen MR) is 408 cm³/mol.